The molecule has 0 N–H and O–H groups in total. The van der Waals surface area contributed by atoms with Gasteiger partial charge in [0.2, 0.25) is 0 Å². The van der Waals surface area contributed by atoms with E-state index in [1.807, 2.05) is 31.0 Å². The van der Waals surface area contributed by atoms with E-state index in [1.165, 1.54) is 27.4 Å². The van der Waals surface area contributed by atoms with Crippen LogP contribution in [0.15, 0.2) is 177 Å². The quantitative estimate of drug-likeness (QED) is 0.172. The van der Waals surface area contributed by atoms with Crippen molar-refractivity contribution < 1.29 is 0 Å². The molecule has 0 aliphatic heterocycles. The van der Waals surface area contributed by atoms with Crippen molar-refractivity contribution in [3.8, 4) is 56.1 Å². The molecule has 0 fully saturated rings. The van der Waals surface area contributed by atoms with E-state index in [4.69, 9.17) is 9.97 Å². The average molecular weight is 719 g/mol. The second-order valence-electron chi connectivity index (χ2n) is 14.2. The largest absolute Gasteiger partial charge is 0.311 e. The van der Waals surface area contributed by atoms with E-state index in [2.05, 4.69) is 171 Å². The van der Waals surface area contributed by atoms with Gasteiger partial charge in [-0.3, -0.25) is 19.9 Å². The number of hydrogen-bond donors (Lipinski definition) is 0. The second-order valence-corrected chi connectivity index (χ2v) is 14.2. The third-order valence-electron chi connectivity index (χ3n) is 11.1. The number of rotatable bonds is 6. The molecular weight excluding hydrogens is 685 g/mol. The molecule has 6 aromatic heterocycles. The first-order valence-corrected chi connectivity index (χ1v) is 19.0. The first-order valence-electron chi connectivity index (χ1n) is 19.0. The number of fused-ring (bicyclic) bond motifs is 6. The Kier molecular flexibility index (Phi) is 7.52. The summed E-state index contributed by atoms with van der Waals surface area (Å²) < 4.78 is 4.77. The zero-order chi connectivity index (χ0) is 37.0. The SMILES string of the molecule is C1=Cc2c(n(-c3cccc(-n4c5ccccc5c5cc(-c6ccccc6-c6ccncc6)ncc54)c3)c3cnc(-c4ccccc4-c4ccncc4)cc23)CC1. The highest BCUT2D eigenvalue weighted by Crippen LogP contribution is 2.40. The molecule has 0 amide bonds. The van der Waals surface area contributed by atoms with Gasteiger partial charge < -0.3 is 9.13 Å². The Labute approximate surface area is 323 Å². The highest BCUT2D eigenvalue weighted by Gasteiger charge is 2.22. The van der Waals surface area contributed by atoms with E-state index in [0.29, 0.717) is 0 Å². The fourth-order valence-corrected chi connectivity index (χ4v) is 8.60. The van der Waals surface area contributed by atoms with Gasteiger partial charge >= 0.3 is 0 Å². The Bertz CT molecular complexity index is 3140. The lowest BCUT2D eigenvalue weighted by molar-refractivity contribution is 0.887. The monoisotopic (exact) mass is 718 g/mol. The van der Waals surface area contributed by atoms with Gasteiger partial charge in [-0.05, 0) is 95.8 Å². The third kappa shape index (κ3) is 5.18. The van der Waals surface area contributed by atoms with Gasteiger partial charge in [-0.2, -0.15) is 0 Å². The number of allylic oxidation sites excluding steroid dienone is 1. The Hall–Kier alpha value is -7.44. The van der Waals surface area contributed by atoms with Crippen LogP contribution in [-0.4, -0.2) is 29.1 Å². The maximum atomic E-state index is 5.13. The molecule has 0 radical (unpaired) electrons. The van der Waals surface area contributed by atoms with Crippen molar-refractivity contribution in [2.24, 2.45) is 0 Å². The molecule has 11 rings (SSSR count). The second kappa shape index (κ2) is 13.1. The first kappa shape index (κ1) is 32.0. The normalized spacial score (nSPS) is 12.4. The van der Waals surface area contributed by atoms with Crippen LogP contribution in [0.3, 0.4) is 0 Å². The molecule has 6 nitrogen and oxygen atoms in total. The summed E-state index contributed by atoms with van der Waals surface area (Å²) >= 11 is 0. The number of benzene rings is 4. The van der Waals surface area contributed by atoms with Crippen LogP contribution in [0.5, 0.6) is 0 Å². The summed E-state index contributed by atoms with van der Waals surface area (Å²) in [7, 11) is 0. The minimum absolute atomic E-state index is 0.940. The van der Waals surface area contributed by atoms with Crippen LogP contribution >= 0.6 is 0 Å². The number of aromatic nitrogens is 6. The van der Waals surface area contributed by atoms with Crippen molar-refractivity contribution >= 4 is 38.8 Å². The van der Waals surface area contributed by atoms with E-state index in [9.17, 15) is 0 Å². The lowest BCUT2D eigenvalue weighted by Crippen LogP contribution is -2.04. The summed E-state index contributed by atoms with van der Waals surface area (Å²) in [6, 6.07) is 47.3. The van der Waals surface area contributed by atoms with E-state index in [1.54, 1.807) is 0 Å². The van der Waals surface area contributed by atoms with Crippen molar-refractivity contribution in [1.82, 2.24) is 29.1 Å². The maximum absolute atomic E-state index is 5.13. The molecule has 1 aliphatic rings. The summed E-state index contributed by atoms with van der Waals surface area (Å²) in [5.41, 5.74) is 16.7. The van der Waals surface area contributed by atoms with Crippen LogP contribution in [0, 0.1) is 0 Å². The van der Waals surface area contributed by atoms with Gasteiger partial charge in [-0.25, -0.2) is 0 Å². The molecule has 10 aromatic rings. The van der Waals surface area contributed by atoms with Gasteiger partial charge in [0.15, 0.2) is 0 Å². The molecule has 6 heterocycles. The van der Waals surface area contributed by atoms with Crippen LogP contribution in [-0.2, 0) is 6.42 Å². The molecule has 0 unspecified atom stereocenters. The minimum Gasteiger partial charge on any atom is -0.311 e. The van der Waals surface area contributed by atoms with Crippen molar-refractivity contribution in [3.63, 3.8) is 0 Å². The molecule has 0 saturated heterocycles. The molecule has 0 spiro atoms. The van der Waals surface area contributed by atoms with Crippen molar-refractivity contribution in [3.05, 3.63) is 188 Å². The smallest absolute Gasteiger partial charge is 0.0724 e. The lowest BCUT2D eigenvalue weighted by atomic mass is 9.96. The fourth-order valence-electron chi connectivity index (χ4n) is 8.60. The van der Waals surface area contributed by atoms with Gasteiger partial charge in [0.05, 0.1) is 40.3 Å². The van der Waals surface area contributed by atoms with Crippen LogP contribution in [0.2, 0.25) is 0 Å². The number of para-hydroxylation sites is 1. The Morgan fingerprint density at radius 2 is 1.00 bits per heavy atom. The summed E-state index contributed by atoms with van der Waals surface area (Å²) in [5.74, 6) is 0. The molecular formula is C50H34N6. The van der Waals surface area contributed by atoms with E-state index in [0.717, 1.165) is 85.5 Å². The summed E-state index contributed by atoms with van der Waals surface area (Å²) in [4.78, 5) is 18.7. The summed E-state index contributed by atoms with van der Waals surface area (Å²) in [5, 5.41) is 3.56. The predicted octanol–water partition coefficient (Wildman–Crippen LogP) is 11.9. The molecule has 4 aromatic carbocycles. The van der Waals surface area contributed by atoms with Crippen LogP contribution in [0.25, 0.3) is 94.9 Å². The van der Waals surface area contributed by atoms with E-state index >= 15 is 0 Å². The highest BCUT2D eigenvalue weighted by atomic mass is 15.0. The topological polar surface area (TPSA) is 61.4 Å². The van der Waals surface area contributed by atoms with Gasteiger partial charge in [0.25, 0.3) is 0 Å². The van der Waals surface area contributed by atoms with E-state index in [-0.39, 0.29) is 0 Å². The number of pyridine rings is 4. The first-order chi connectivity index (χ1) is 27.8. The highest BCUT2D eigenvalue weighted by molar-refractivity contribution is 6.10. The van der Waals surface area contributed by atoms with Crippen LogP contribution in [0.4, 0.5) is 0 Å². The molecule has 264 valence electrons. The zero-order valence-electron chi connectivity index (χ0n) is 30.4. The fraction of sp³-hybridized carbons (Fsp3) is 0.0400. The van der Waals surface area contributed by atoms with Crippen molar-refractivity contribution in [1.29, 1.82) is 0 Å². The molecule has 0 bridgehead atoms. The van der Waals surface area contributed by atoms with Crippen LogP contribution in [0.1, 0.15) is 17.7 Å². The minimum atomic E-state index is 0.940. The summed E-state index contributed by atoms with van der Waals surface area (Å²) in [6.45, 7) is 0. The molecule has 56 heavy (non-hydrogen) atoms. The lowest BCUT2D eigenvalue weighted by Gasteiger charge is -2.15. The average Bonchev–Trinajstić information content (AvgIpc) is 3.79. The Morgan fingerprint density at radius 1 is 0.446 bits per heavy atom. The molecule has 0 saturated carbocycles. The van der Waals surface area contributed by atoms with Gasteiger partial charge in [0, 0.05) is 74.7 Å². The standard InChI is InChI=1S/C50H34N6/c1-3-14-39(37(12-1)33-20-24-51-25-21-33)45-29-43-41-16-5-7-18-47(41)55(49(43)31-53-45)35-10-9-11-36(28-35)56-48-19-8-6-17-42(48)44-30-46(54-32-50(44)56)40-15-4-2-13-38(40)34-22-26-52-27-23-34/h1-7,9-18,20-32H,8,19H2. The zero-order valence-corrected chi connectivity index (χ0v) is 30.4. The van der Waals surface area contributed by atoms with E-state index < -0.39 is 0 Å². The molecule has 1 aliphatic carbocycles. The molecule has 0 atom stereocenters. The number of hydrogen-bond acceptors (Lipinski definition) is 4. The molecule has 6 heteroatoms. The van der Waals surface area contributed by atoms with Crippen LogP contribution < -0.4 is 0 Å². The Balaban J connectivity index is 1.06. The van der Waals surface area contributed by atoms with Gasteiger partial charge in [-0.1, -0.05) is 84.9 Å². The summed E-state index contributed by atoms with van der Waals surface area (Å²) in [6.07, 6.45) is 18.0. The predicted molar refractivity (Wildman–Crippen MR) is 228 cm³/mol. The van der Waals surface area contributed by atoms with Gasteiger partial charge in [-0.15, -0.1) is 0 Å². The van der Waals surface area contributed by atoms with Crippen molar-refractivity contribution in [2.75, 3.05) is 0 Å². The van der Waals surface area contributed by atoms with Gasteiger partial charge in [0.1, 0.15) is 0 Å². The maximum Gasteiger partial charge on any atom is 0.0724 e. The van der Waals surface area contributed by atoms with Crippen molar-refractivity contribution in [2.45, 2.75) is 12.8 Å². The third-order valence-corrected chi connectivity index (χ3v) is 11.1. The number of nitrogens with zero attached hydrogens (tertiary/aromatic N) is 6. The Morgan fingerprint density at radius 3 is 1.66 bits per heavy atom.